The Bertz CT molecular complexity index is 768. The van der Waals surface area contributed by atoms with Crippen molar-refractivity contribution in [2.45, 2.75) is 45.6 Å². The molecule has 3 rings (SSSR count). The van der Waals surface area contributed by atoms with E-state index in [4.69, 9.17) is 0 Å². The Kier molecular flexibility index (Phi) is 6.36. The van der Waals surface area contributed by atoms with Crippen LogP contribution in [0.15, 0.2) is 48.0 Å². The van der Waals surface area contributed by atoms with Crippen LogP contribution >= 0.6 is 0 Å². The van der Waals surface area contributed by atoms with E-state index >= 15 is 0 Å². The lowest BCUT2D eigenvalue weighted by Crippen LogP contribution is -2.26. The molecule has 1 aliphatic rings. The molecular weight excluding hydrogens is 324 g/mol. The van der Waals surface area contributed by atoms with Gasteiger partial charge in [-0.3, -0.25) is 4.79 Å². The summed E-state index contributed by atoms with van der Waals surface area (Å²) in [6.45, 7) is 3.40. The van der Waals surface area contributed by atoms with Crippen molar-refractivity contribution in [1.29, 1.82) is 0 Å². The van der Waals surface area contributed by atoms with E-state index in [-0.39, 0.29) is 5.91 Å². The van der Waals surface area contributed by atoms with Crippen molar-refractivity contribution in [2.75, 3.05) is 11.9 Å². The number of nitrogens with one attached hydrogen (secondary N) is 2. The lowest BCUT2D eigenvalue weighted by atomic mass is 9.97. The number of allylic oxidation sites excluding steroid dienone is 1. The second-order valence-electron chi connectivity index (χ2n) is 6.76. The summed E-state index contributed by atoms with van der Waals surface area (Å²) in [5, 5.41) is 14.3. The molecule has 0 fully saturated rings. The van der Waals surface area contributed by atoms with Crippen LogP contribution in [-0.4, -0.2) is 22.6 Å². The molecule has 1 heterocycles. The molecule has 136 valence electrons. The largest absolute Gasteiger partial charge is 0.365 e. The highest BCUT2D eigenvalue weighted by molar-refractivity contribution is 5.92. The third kappa shape index (κ3) is 5.41. The minimum atomic E-state index is -0.167. The molecule has 0 aliphatic heterocycles. The predicted molar refractivity (Wildman–Crippen MR) is 104 cm³/mol. The Morgan fingerprint density at radius 3 is 2.81 bits per heavy atom. The van der Waals surface area contributed by atoms with Gasteiger partial charge in [-0.25, -0.2) is 0 Å². The van der Waals surface area contributed by atoms with E-state index in [1.54, 1.807) is 12.1 Å². The summed E-state index contributed by atoms with van der Waals surface area (Å²) in [6.07, 6.45) is 8.13. The summed E-state index contributed by atoms with van der Waals surface area (Å²) >= 11 is 0. The zero-order chi connectivity index (χ0) is 18.2. The quantitative estimate of drug-likeness (QED) is 0.740. The number of rotatable bonds is 7. The van der Waals surface area contributed by atoms with Crippen LogP contribution in [0.3, 0.4) is 0 Å². The average molecular weight is 350 g/mol. The number of aryl methyl sites for hydroxylation is 1. The summed E-state index contributed by atoms with van der Waals surface area (Å²) < 4.78 is 0. The van der Waals surface area contributed by atoms with Crippen LogP contribution in [0, 0.1) is 6.92 Å². The molecule has 0 unspecified atom stereocenters. The van der Waals surface area contributed by atoms with Gasteiger partial charge in [0.2, 0.25) is 0 Å². The molecule has 26 heavy (non-hydrogen) atoms. The molecule has 0 spiro atoms. The van der Waals surface area contributed by atoms with Crippen LogP contribution in [0.4, 0.5) is 5.82 Å². The normalized spacial score (nSPS) is 13.8. The number of nitrogens with zero attached hydrogens (tertiary/aromatic N) is 2. The first-order chi connectivity index (χ1) is 12.7. The van der Waals surface area contributed by atoms with E-state index in [1.807, 2.05) is 6.07 Å². The number of carbonyl (C=O) groups excluding carboxylic acids is 1. The average Bonchev–Trinajstić information content (AvgIpc) is 2.68. The van der Waals surface area contributed by atoms with Gasteiger partial charge < -0.3 is 10.6 Å². The maximum Gasteiger partial charge on any atom is 0.271 e. The number of anilines is 1. The van der Waals surface area contributed by atoms with Gasteiger partial charge in [0.15, 0.2) is 5.69 Å². The molecule has 2 N–H and O–H groups in total. The van der Waals surface area contributed by atoms with Crippen molar-refractivity contribution >= 4 is 11.7 Å². The first-order valence-corrected chi connectivity index (χ1v) is 9.30. The fourth-order valence-electron chi connectivity index (χ4n) is 3.12. The molecule has 5 nitrogen and oxygen atoms in total. The van der Waals surface area contributed by atoms with E-state index in [0.29, 0.717) is 24.6 Å². The minimum absolute atomic E-state index is 0.167. The van der Waals surface area contributed by atoms with Gasteiger partial charge >= 0.3 is 0 Å². The van der Waals surface area contributed by atoms with Gasteiger partial charge in [-0.2, -0.15) is 0 Å². The first-order valence-electron chi connectivity index (χ1n) is 9.30. The number of benzene rings is 1. The van der Waals surface area contributed by atoms with Crippen LogP contribution in [0.5, 0.6) is 0 Å². The van der Waals surface area contributed by atoms with Gasteiger partial charge in [0.25, 0.3) is 5.91 Å². The SMILES string of the molecule is Cc1cccc(CNc2ccc(C(=O)NCCC3=CCCCC3)nn2)c1. The van der Waals surface area contributed by atoms with Gasteiger partial charge in [-0.1, -0.05) is 41.5 Å². The third-order valence-corrected chi connectivity index (χ3v) is 4.57. The highest BCUT2D eigenvalue weighted by Gasteiger charge is 2.09. The van der Waals surface area contributed by atoms with Gasteiger partial charge in [0.1, 0.15) is 5.82 Å². The van der Waals surface area contributed by atoms with Gasteiger partial charge in [-0.15, -0.1) is 10.2 Å². The Balaban J connectivity index is 1.45. The molecule has 5 heteroatoms. The number of amides is 1. The minimum Gasteiger partial charge on any atom is -0.365 e. The Hall–Kier alpha value is -2.69. The summed E-state index contributed by atoms with van der Waals surface area (Å²) in [4.78, 5) is 12.2. The molecule has 1 aromatic heterocycles. The zero-order valence-corrected chi connectivity index (χ0v) is 15.3. The molecule has 0 saturated heterocycles. The molecule has 1 aliphatic carbocycles. The van der Waals surface area contributed by atoms with Crippen molar-refractivity contribution in [2.24, 2.45) is 0 Å². The van der Waals surface area contributed by atoms with E-state index in [0.717, 1.165) is 12.8 Å². The fourth-order valence-corrected chi connectivity index (χ4v) is 3.12. The van der Waals surface area contributed by atoms with E-state index < -0.39 is 0 Å². The molecule has 0 radical (unpaired) electrons. The predicted octanol–water partition coefficient (Wildman–Crippen LogP) is 4.02. The highest BCUT2D eigenvalue weighted by Crippen LogP contribution is 2.19. The molecule has 0 atom stereocenters. The molecular formula is C21H26N4O. The van der Waals surface area contributed by atoms with Crippen LogP contribution in [-0.2, 0) is 6.54 Å². The number of hydrogen-bond acceptors (Lipinski definition) is 4. The fraction of sp³-hybridized carbons (Fsp3) is 0.381. The summed E-state index contributed by atoms with van der Waals surface area (Å²) in [5.41, 5.74) is 4.22. The van der Waals surface area contributed by atoms with Crippen LogP contribution in [0.25, 0.3) is 0 Å². The Morgan fingerprint density at radius 2 is 2.08 bits per heavy atom. The van der Waals surface area contributed by atoms with Crippen LogP contribution in [0.1, 0.15) is 53.7 Å². The van der Waals surface area contributed by atoms with Gasteiger partial charge in [0, 0.05) is 13.1 Å². The lowest BCUT2D eigenvalue weighted by Gasteiger charge is -2.12. The van der Waals surface area contributed by atoms with Crippen molar-refractivity contribution in [3.05, 3.63) is 64.9 Å². The smallest absolute Gasteiger partial charge is 0.271 e. The summed E-state index contributed by atoms with van der Waals surface area (Å²) in [5.74, 6) is 0.495. The van der Waals surface area contributed by atoms with Gasteiger partial charge in [-0.05, 0) is 56.7 Å². The van der Waals surface area contributed by atoms with Crippen molar-refractivity contribution < 1.29 is 4.79 Å². The van der Waals surface area contributed by atoms with Crippen molar-refractivity contribution in [1.82, 2.24) is 15.5 Å². The second-order valence-corrected chi connectivity index (χ2v) is 6.76. The van der Waals surface area contributed by atoms with E-state index in [2.05, 4.69) is 52.0 Å². The molecule has 1 aromatic carbocycles. The second kappa shape index (κ2) is 9.13. The molecule has 0 bridgehead atoms. The molecule has 2 aromatic rings. The summed E-state index contributed by atoms with van der Waals surface area (Å²) in [6, 6.07) is 11.8. The summed E-state index contributed by atoms with van der Waals surface area (Å²) in [7, 11) is 0. The van der Waals surface area contributed by atoms with E-state index in [9.17, 15) is 4.79 Å². The molecule has 0 saturated carbocycles. The van der Waals surface area contributed by atoms with Crippen LogP contribution in [0.2, 0.25) is 0 Å². The first kappa shape index (κ1) is 18.1. The topological polar surface area (TPSA) is 66.9 Å². The van der Waals surface area contributed by atoms with Crippen molar-refractivity contribution in [3.8, 4) is 0 Å². The molecule has 1 amide bonds. The van der Waals surface area contributed by atoms with Crippen molar-refractivity contribution in [3.63, 3.8) is 0 Å². The third-order valence-electron chi connectivity index (χ3n) is 4.57. The number of hydrogen-bond donors (Lipinski definition) is 2. The Labute approximate surface area is 154 Å². The van der Waals surface area contributed by atoms with Crippen LogP contribution < -0.4 is 10.6 Å². The lowest BCUT2D eigenvalue weighted by molar-refractivity contribution is 0.0948. The zero-order valence-electron chi connectivity index (χ0n) is 15.3. The maximum absolute atomic E-state index is 12.2. The van der Waals surface area contributed by atoms with Gasteiger partial charge in [0.05, 0.1) is 0 Å². The number of aromatic nitrogens is 2. The highest BCUT2D eigenvalue weighted by atomic mass is 16.1. The standard InChI is InChI=1S/C21H26N4O/c1-16-6-5-9-18(14-16)15-23-20-11-10-19(24-25-20)21(26)22-13-12-17-7-3-2-4-8-17/h5-7,9-11,14H,2-4,8,12-13,15H2,1H3,(H,22,26)(H,23,25). The van der Waals surface area contributed by atoms with E-state index in [1.165, 1.54) is 36.0 Å². The monoisotopic (exact) mass is 350 g/mol. The number of carbonyl (C=O) groups is 1. The Morgan fingerprint density at radius 1 is 1.15 bits per heavy atom. The maximum atomic E-state index is 12.2.